The van der Waals surface area contributed by atoms with Crippen molar-refractivity contribution in [1.29, 1.82) is 0 Å². The van der Waals surface area contributed by atoms with Crippen molar-refractivity contribution < 1.29 is 9.18 Å². The van der Waals surface area contributed by atoms with E-state index in [1.165, 1.54) is 12.1 Å². The number of pyridine rings is 1. The first kappa shape index (κ1) is 21.0. The smallest absolute Gasteiger partial charge is 0.231 e. The molecule has 5 nitrogen and oxygen atoms in total. The van der Waals surface area contributed by atoms with E-state index in [0.29, 0.717) is 21.8 Å². The summed E-state index contributed by atoms with van der Waals surface area (Å²) in [6, 6.07) is 13.3. The van der Waals surface area contributed by atoms with Crippen LogP contribution in [0.15, 0.2) is 73.4 Å². The molecule has 0 saturated carbocycles. The molecule has 4 aromatic rings. The SMILES string of the molecule is O=C(Cc1cnccc1Cl)N(Cc1cc(F)cc(Cl)c1)c1ccc(-c2cnc[nH]2)cc1. The molecule has 1 N–H and O–H groups in total. The number of carbonyl (C=O) groups excluding carboxylic acids is 1. The Morgan fingerprint density at radius 2 is 1.84 bits per heavy atom. The summed E-state index contributed by atoms with van der Waals surface area (Å²) < 4.78 is 13.9. The van der Waals surface area contributed by atoms with Crippen LogP contribution in [-0.2, 0) is 17.8 Å². The lowest BCUT2D eigenvalue weighted by atomic mass is 10.1. The summed E-state index contributed by atoms with van der Waals surface area (Å²) in [6.07, 6.45) is 6.51. The predicted octanol–water partition coefficient (Wildman–Crippen LogP) is 5.69. The minimum Gasteiger partial charge on any atom is -0.345 e. The van der Waals surface area contributed by atoms with Gasteiger partial charge in [-0.2, -0.15) is 0 Å². The summed E-state index contributed by atoms with van der Waals surface area (Å²) in [6.45, 7) is 0.150. The highest BCUT2D eigenvalue weighted by Gasteiger charge is 2.19. The van der Waals surface area contributed by atoms with Gasteiger partial charge in [-0.25, -0.2) is 9.37 Å². The molecule has 0 unspecified atom stereocenters. The second-order valence-electron chi connectivity index (χ2n) is 6.91. The Kier molecular flexibility index (Phi) is 6.30. The lowest BCUT2D eigenvalue weighted by Crippen LogP contribution is -2.32. The largest absolute Gasteiger partial charge is 0.345 e. The van der Waals surface area contributed by atoms with Gasteiger partial charge in [-0.3, -0.25) is 9.78 Å². The molecule has 156 valence electrons. The molecule has 4 rings (SSSR count). The molecule has 0 radical (unpaired) electrons. The highest BCUT2D eigenvalue weighted by molar-refractivity contribution is 6.31. The standard InChI is InChI=1S/C23H17Cl2FN4O/c24-18-7-15(8-19(26)10-18)13-30(23(31)9-17-11-27-6-5-21(17)25)20-3-1-16(2-4-20)22-12-28-14-29-22/h1-8,10-12,14H,9,13H2,(H,28,29). The number of aromatic nitrogens is 3. The van der Waals surface area contributed by atoms with E-state index in [1.54, 1.807) is 42.0 Å². The van der Waals surface area contributed by atoms with Crippen LogP contribution < -0.4 is 4.90 Å². The number of benzene rings is 2. The minimum atomic E-state index is -0.459. The Hall–Kier alpha value is -3.22. The number of nitrogens with one attached hydrogen (secondary N) is 1. The third-order valence-corrected chi connectivity index (χ3v) is 5.32. The third-order valence-electron chi connectivity index (χ3n) is 4.74. The van der Waals surface area contributed by atoms with Crippen molar-refractivity contribution in [2.45, 2.75) is 13.0 Å². The van der Waals surface area contributed by atoms with Gasteiger partial charge < -0.3 is 9.88 Å². The van der Waals surface area contributed by atoms with Crippen LogP contribution in [0.5, 0.6) is 0 Å². The van der Waals surface area contributed by atoms with E-state index >= 15 is 0 Å². The van der Waals surface area contributed by atoms with E-state index in [4.69, 9.17) is 23.2 Å². The fraction of sp³-hybridized carbons (Fsp3) is 0.0870. The Morgan fingerprint density at radius 3 is 2.52 bits per heavy atom. The fourth-order valence-corrected chi connectivity index (χ4v) is 3.66. The van der Waals surface area contributed by atoms with Gasteiger partial charge in [-0.05, 0) is 53.1 Å². The molecule has 0 aliphatic rings. The number of hydrogen-bond acceptors (Lipinski definition) is 3. The number of amides is 1. The quantitative estimate of drug-likeness (QED) is 0.406. The average molecular weight is 455 g/mol. The van der Waals surface area contributed by atoms with E-state index in [0.717, 1.165) is 11.3 Å². The van der Waals surface area contributed by atoms with E-state index in [1.807, 2.05) is 24.3 Å². The van der Waals surface area contributed by atoms with Crippen LogP contribution in [0.3, 0.4) is 0 Å². The van der Waals surface area contributed by atoms with Crippen LogP contribution in [-0.4, -0.2) is 20.9 Å². The van der Waals surface area contributed by atoms with Gasteiger partial charge in [0.15, 0.2) is 0 Å². The van der Waals surface area contributed by atoms with E-state index < -0.39 is 5.82 Å². The first-order chi connectivity index (χ1) is 15.0. The molecule has 0 atom stereocenters. The van der Waals surface area contributed by atoms with Crippen molar-refractivity contribution in [1.82, 2.24) is 15.0 Å². The number of anilines is 1. The van der Waals surface area contributed by atoms with Gasteiger partial charge >= 0.3 is 0 Å². The number of imidazole rings is 1. The first-order valence-electron chi connectivity index (χ1n) is 9.42. The number of nitrogens with zero attached hydrogens (tertiary/aromatic N) is 3. The Morgan fingerprint density at radius 1 is 1.03 bits per heavy atom. The lowest BCUT2D eigenvalue weighted by molar-refractivity contribution is -0.118. The molecule has 1 amide bonds. The topological polar surface area (TPSA) is 61.9 Å². The second kappa shape index (κ2) is 9.29. The summed E-state index contributed by atoms with van der Waals surface area (Å²) in [5.41, 5.74) is 3.65. The Balaban J connectivity index is 1.66. The molecule has 0 spiro atoms. The normalized spacial score (nSPS) is 10.8. The van der Waals surface area contributed by atoms with Gasteiger partial charge in [0.25, 0.3) is 0 Å². The van der Waals surface area contributed by atoms with Gasteiger partial charge in [0.05, 0.1) is 31.2 Å². The molecule has 2 aromatic carbocycles. The monoisotopic (exact) mass is 454 g/mol. The van der Waals surface area contributed by atoms with Crippen LogP contribution in [0.25, 0.3) is 11.3 Å². The number of aromatic amines is 1. The highest BCUT2D eigenvalue weighted by Crippen LogP contribution is 2.25. The summed E-state index contributed by atoms with van der Waals surface area (Å²) in [5, 5.41) is 0.735. The zero-order valence-electron chi connectivity index (χ0n) is 16.2. The molecule has 0 aliphatic carbocycles. The maximum Gasteiger partial charge on any atom is 0.231 e. The maximum absolute atomic E-state index is 13.9. The van der Waals surface area contributed by atoms with Gasteiger partial charge in [-0.1, -0.05) is 35.3 Å². The number of hydrogen-bond donors (Lipinski definition) is 1. The van der Waals surface area contributed by atoms with Crippen LogP contribution >= 0.6 is 23.2 Å². The highest BCUT2D eigenvalue weighted by atomic mass is 35.5. The third kappa shape index (κ3) is 5.10. The summed E-state index contributed by atoms with van der Waals surface area (Å²) in [4.78, 5) is 25.9. The zero-order valence-corrected chi connectivity index (χ0v) is 17.7. The average Bonchev–Trinajstić information content (AvgIpc) is 3.28. The number of halogens is 3. The molecule has 2 heterocycles. The molecular weight excluding hydrogens is 438 g/mol. The molecule has 0 saturated heterocycles. The number of carbonyl (C=O) groups is 1. The van der Waals surface area contributed by atoms with E-state index in [2.05, 4.69) is 15.0 Å². The molecule has 0 aliphatic heterocycles. The molecule has 31 heavy (non-hydrogen) atoms. The summed E-state index contributed by atoms with van der Waals surface area (Å²) in [5.74, 6) is -0.663. The van der Waals surface area contributed by atoms with Crippen molar-refractivity contribution >= 4 is 34.8 Å². The second-order valence-corrected chi connectivity index (χ2v) is 7.76. The van der Waals surface area contributed by atoms with Crippen LogP contribution in [0.4, 0.5) is 10.1 Å². The number of H-pyrrole nitrogens is 1. The van der Waals surface area contributed by atoms with E-state index in [9.17, 15) is 9.18 Å². The Labute approximate surface area is 188 Å². The van der Waals surface area contributed by atoms with Crippen molar-refractivity contribution in [3.63, 3.8) is 0 Å². The fourth-order valence-electron chi connectivity index (χ4n) is 3.24. The molecule has 0 fully saturated rings. The summed E-state index contributed by atoms with van der Waals surface area (Å²) in [7, 11) is 0. The Bertz CT molecular complexity index is 1180. The molecule has 0 bridgehead atoms. The minimum absolute atomic E-state index is 0.0536. The van der Waals surface area contributed by atoms with Crippen molar-refractivity contribution in [2.24, 2.45) is 0 Å². The molecule has 8 heteroatoms. The number of rotatable bonds is 6. The van der Waals surface area contributed by atoms with Crippen molar-refractivity contribution in [3.05, 3.63) is 100 Å². The zero-order chi connectivity index (χ0) is 21.8. The van der Waals surface area contributed by atoms with E-state index in [-0.39, 0.29) is 23.9 Å². The van der Waals surface area contributed by atoms with Crippen LogP contribution in [0.2, 0.25) is 10.0 Å². The van der Waals surface area contributed by atoms with Crippen molar-refractivity contribution in [2.75, 3.05) is 4.90 Å². The first-order valence-corrected chi connectivity index (χ1v) is 10.2. The summed E-state index contributed by atoms with van der Waals surface area (Å²) >= 11 is 12.2. The van der Waals surface area contributed by atoms with Crippen LogP contribution in [0.1, 0.15) is 11.1 Å². The van der Waals surface area contributed by atoms with Crippen molar-refractivity contribution in [3.8, 4) is 11.3 Å². The van der Waals surface area contributed by atoms with Gasteiger partial charge in [0.1, 0.15) is 5.82 Å². The van der Waals surface area contributed by atoms with Gasteiger partial charge in [0, 0.05) is 28.1 Å². The predicted molar refractivity (Wildman–Crippen MR) is 120 cm³/mol. The van der Waals surface area contributed by atoms with Gasteiger partial charge in [0.2, 0.25) is 5.91 Å². The molecule has 2 aromatic heterocycles. The van der Waals surface area contributed by atoms with Gasteiger partial charge in [-0.15, -0.1) is 0 Å². The maximum atomic E-state index is 13.9. The lowest BCUT2D eigenvalue weighted by Gasteiger charge is -2.24. The molecular formula is C23H17Cl2FN4O. The van der Waals surface area contributed by atoms with Crippen LogP contribution in [0, 0.1) is 5.82 Å².